The van der Waals surface area contributed by atoms with Gasteiger partial charge in [0.1, 0.15) is 0 Å². The molecule has 0 aliphatic carbocycles. The van der Waals surface area contributed by atoms with Crippen LogP contribution in [0.2, 0.25) is 0 Å². The van der Waals surface area contributed by atoms with E-state index in [0.717, 1.165) is 0 Å². The van der Waals surface area contributed by atoms with E-state index in [4.69, 9.17) is 0 Å². The molecule has 2 aromatic heterocycles. The minimum Gasteiger partial charge on any atom is -0.464 e. The van der Waals surface area contributed by atoms with Crippen LogP contribution in [0.4, 0.5) is 5.69 Å². The number of hydrogen-bond acceptors (Lipinski definition) is 5. The summed E-state index contributed by atoms with van der Waals surface area (Å²) < 4.78 is 7.67. The van der Waals surface area contributed by atoms with E-state index >= 15 is 0 Å². The first-order chi connectivity index (χ1) is 9.43. The maximum atomic E-state index is 12.1. The molecule has 2 heterocycles. The summed E-state index contributed by atoms with van der Waals surface area (Å²) >= 11 is 0. The van der Waals surface area contributed by atoms with Crippen molar-refractivity contribution < 1.29 is 14.3 Å². The quantitative estimate of drug-likeness (QED) is 0.825. The number of carbonyl (C=O) groups is 2. The number of ether oxygens (including phenoxy) is 1. The van der Waals surface area contributed by atoms with E-state index in [1.54, 1.807) is 33.3 Å². The molecule has 0 unspecified atom stereocenters. The van der Waals surface area contributed by atoms with Crippen molar-refractivity contribution in [2.24, 2.45) is 14.1 Å². The molecule has 0 radical (unpaired) electrons. The van der Waals surface area contributed by atoms with Crippen LogP contribution in [0.25, 0.3) is 0 Å². The molecule has 0 aromatic carbocycles. The molecule has 0 atom stereocenters. The molecule has 2 aromatic rings. The second-order valence-electron chi connectivity index (χ2n) is 4.25. The SMILES string of the molecule is COC(=O)c1nn(C)c(C)c1NC(=O)c1ccn(C)n1. The topological polar surface area (TPSA) is 91.0 Å². The Kier molecular flexibility index (Phi) is 3.55. The van der Waals surface area contributed by atoms with E-state index in [1.807, 2.05) is 0 Å². The normalized spacial score (nSPS) is 10.4. The molecule has 0 spiro atoms. The summed E-state index contributed by atoms with van der Waals surface area (Å²) in [5, 5.41) is 10.7. The van der Waals surface area contributed by atoms with Gasteiger partial charge < -0.3 is 10.1 Å². The Balaban J connectivity index is 2.33. The smallest absolute Gasteiger partial charge is 0.360 e. The largest absolute Gasteiger partial charge is 0.464 e. The number of carbonyl (C=O) groups excluding carboxylic acids is 2. The van der Waals surface area contributed by atoms with Crippen molar-refractivity contribution in [2.45, 2.75) is 6.92 Å². The fourth-order valence-electron chi connectivity index (χ4n) is 1.71. The van der Waals surface area contributed by atoms with Gasteiger partial charge in [-0.15, -0.1) is 0 Å². The molecule has 0 fully saturated rings. The molecular weight excluding hydrogens is 262 g/mol. The van der Waals surface area contributed by atoms with Crippen LogP contribution >= 0.6 is 0 Å². The van der Waals surface area contributed by atoms with Gasteiger partial charge in [0.15, 0.2) is 11.4 Å². The van der Waals surface area contributed by atoms with Crippen molar-refractivity contribution in [3.05, 3.63) is 29.3 Å². The highest BCUT2D eigenvalue weighted by molar-refractivity contribution is 6.06. The van der Waals surface area contributed by atoms with Crippen LogP contribution in [0.5, 0.6) is 0 Å². The van der Waals surface area contributed by atoms with Crippen molar-refractivity contribution in [2.75, 3.05) is 12.4 Å². The monoisotopic (exact) mass is 277 g/mol. The molecule has 0 aliphatic heterocycles. The van der Waals surface area contributed by atoms with Crippen molar-refractivity contribution in [1.82, 2.24) is 19.6 Å². The summed E-state index contributed by atoms with van der Waals surface area (Å²) in [5.74, 6) is -1.02. The van der Waals surface area contributed by atoms with Crippen molar-refractivity contribution in [1.29, 1.82) is 0 Å². The number of aryl methyl sites for hydroxylation is 2. The molecule has 0 aliphatic rings. The van der Waals surface area contributed by atoms with Gasteiger partial charge in [0.25, 0.3) is 5.91 Å². The van der Waals surface area contributed by atoms with Crippen LogP contribution in [0.3, 0.4) is 0 Å². The Morgan fingerprint density at radius 2 is 2.00 bits per heavy atom. The lowest BCUT2D eigenvalue weighted by Crippen LogP contribution is -2.16. The molecule has 8 nitrogen and oxygen atoms in total. The van der Waals surface area contributed by atoms with Gasteiger partial charge in [-0.25, -0.2) is 4.79 Å². The first-order valence-corrected chi connectivity index (χ1v) is 5.87. The van der Waals surface area contributed by atoms with Gasteiger partial charge in [0, 0.05) is 20.3 Å². The molecule has 0 saturated heterocycles. The van der Waals surface area contributed by atoms with Crippen LogP contribution in [0.1, 0.15) is 26.7 Å². The fourth-order valence-corrected chi connectivity index (χ4v) is 1.71. The predicted octanol–water partition coefficient (Wildman–Crippen LogP) is 0.501. The van der Waals surface area contributed by atoms with Crippen LogP contribution in [-0.4, -0.2) is 38.5 Å². The average Bonchev–Trinajstić information content (AvgIpc) is 2.97. The summed E-state index contributed by atoms with van der Waals surface area (Å²) in [5.41, 5.74) is 1.30. The lowest BCUT2D eigenvalue weighted by Gasteiger charge is -2.04. The predicted molar refractivity (Wildman–Crippen MR) is 70.4 cm³/mol. The second kappa shape index (κ2) is 5.16. The van der Waals surface area contributed by atoms with Crippen molar-refractivity contribution in [3.63, 3.8) is 0 Å². The number of rotatable bonds is 3. The number of anilines is 1. The molecule has 1 amide bonds. The molecule has 0 saturated carbocycles. The maximum Gasteiger partial charge on any atom is 0.360 e. The highest BCUT2D eigenvalue weighted by Gasteiger charge is 2.22. The zero-order valence-electron chi connectivity index (χ0n) is 11.7. The summed E-state index contributed by atoms with van der Waals surface area (Å²) in [6, 6.07) is 1.58. The van der Waals surface area contributed by atoms with Crippen molar-refractivity contribution in [3.8, 4) is 0 Å². The Morgan fingerprint density at radius 3 is 2.55 bits per heavy atom. The van der Waals surface area contributed by atoms with E-state index in [1.165, 1.54) is 16.5 Å². The Hall–Kier alpha value is -2.64. The highest BCUT2D eigenvalue weighted by Crippen LogP contribution is 2.20. The Bertz CT molecular complexity index is 671. The van der Waals surface area contributed by atoms with Gasteiger partial charge in [-0.3, -0.25) is 14.2 Å². The van der Waals surface area contributed by atoms with Crippen LogP contribution < -0.4 is 5.32 Å². The fraction of sp³-hybridized carbons (Fsp3) is 0.333. The van der Waals surface area contributed by atoms with Gasteiger partial charge in [-0.05, 0) is 13.0 Å². The molecule has 1 N–H and O–H groups in total. The van der Waals surface area contributed by atoms with Gasteiger partial charge >= 0.3 is 5.97 Å². The number of nitrogens with zero attached hydrogens (tertiary/aromatic N) is 4. The van der Waals surface area contributed by atoms with Crippen LogP contribution in [0, 0.1) is 6.92 Å². The van der Waals surface area contributed by atoms with Gasteiger partial charge in [-0.2, -0.15) is 10.2 Å². The Labute approximate surface area is 115 Å². The van der Waals surface area contributed by atoms with E-state index in [0.29, 0.717) is 11.4 Å². The first-order valence-electron chi connectivity index (χ1n) is 5.87. The van der Waals surface area contributed by atoms with E-state index in [9.17, 15) is 9.59 Å². The number of aromatic nitrogens is 4. The zero-order chi connectivity index (χ0) is 14.9. The molecule has 0 bridgehead atoms. The van der Waals surface area contributed by atoms with Gasteiger partial charge in [0.2, 0.25) is 0 Å². The third kappa shape index (κ3) is 2.40. The van der Waals surface area contributed by atoms with E-state index in [-0.39, 0.29) is 11.4 Å². The van der Waals surface area contributed by atoms with Gasteiger partial charge in [0.05, 0.1) is 18.5 Å². The second-order valence-corrected chi connectivity index (χ2v) is 4.25. The minimum absolute atomic E-state index is 0.0665. The number of esters is 1. The van der Waals surface area contributed by atoms with Crippen molar-refractivity contribution >= 4 is 17.6 Å². The van der Waals surface area contributed by atoms with Crippen LogP contribution in [-0.2, 0) is 18.8 Å². The highest BCUT2D eigenvalue weighted by atomic mass is 16.5. The number of amides is 1. The summed E-state index contributed by atoms with van der Waals surface area (Å²) in [6.45, 7) is 1.74. The lowest BCUT2D eigenvalue weighted by atomic mass is 10.2. The molecule has 2 rings (SSSR count). The first kappa shape index (κ1) is 13.8. The number of hydrogen-bond donors (Lipinski definition) is 1. The third-order valence-electron chi connectivity index (χ3n) is 2.90. The molecule has 8 heteroatoms. The number of methoxy groups -OCH3 is 1. The van der Waals surface area contributed by atoms with Gasteiger partial charge in [-0.1, -0.05) is 0 Å². The molecular formula is C12H15N5O3. The summed E-state index contributed by atoms with van der Waals surface area (Å²) in [6.07, 6.45) is 1.66. The summed E-state index contributed by atoms with van der Waals surface area (Å²) in [4.78, 5) is 23.7. The van der Waals surface area contributed by atoms with E-state index < -0.39 is 11.9 Å². The van der Waals surface area contributed by atoms with Crippen LogP contribution in [0.15, 0.2) is 12.3 Å². The maximum absolute atomic E-state index is 12.1. The Morgan fingerprint density at radius 1 is 1.30 bits per heavy atom. The average molecular weight is 277 g/mol. The lowest BCUT2D eigenvalue weighted by molar-refractivity contribution is 0.0594. The summed E-state index contributed by atoms with van der Waals surface area (Å²) in [7, 11) is 4.65. The third-order valence-corrected chi connectivity index (χ3v) is 2.90. The zero-order valence-corrected chi connectivity index (χ0v) is 11.7. The van der Waals surface area contributed by atoms with E-state index in [2.05, 4.69) is 20.3 Å². The number of nitrogens with one attached hydrogen (secondary N) is 1. The standard InChI is InChI=1S/C12H15N5O3/c1-7-9(10(12(19)20-4)15-17(7)3)13-11(18)8-5-6-16(2)14-8/h5-6H,1-4H3,(H,13,18). The molecule has 20 heavy (non-hydrogen) atoms. The molecule has 106 valence electrons. The minimum atomic E-state index is -0.606.